The van der Waals surface area contributed by atoms with Crippen molar-refractivity contribution >= 4 is 23.1 Å². The van der Waals surface area contributed by atoms with Crippen LogP contribution < -0.4 is 0 Å². The molecule has 0 amide bonds. The second kappa shape index (κ2) is 4.87. The van der Waals surface area contributed by atoms with Crippen LogP contribution in [0.25, 0.3) is 0 Å². The van der Waals surface area contributed by atoms with E-state index in [0.29, 0.717) is 5.25 Å². The zero-order chi connectivity index (χ0) is 8.97. The lowest BCUT2D eigenvalue weighted by Crippen LogP contribution is -1.88. The molecule has 0 spiro atoms. The van der Waals surface area contributed by atoms with Crippen LogP contribution >= 0.6 is 23.1 Å². The van der Waals surface area contributed by atoms with Crippen molar-refractivity contribution in [2.45, 2.75) is 38.2 Å². The number of hydrogen-bond acceptors (Lipinski definition) is 3. The summed E-state index contributed by atoms with van der Waals surface area (Å²) in [6.07, 6.45) is 1.06. The Bertz CT molecular complexity index is 230. The van der Waals surface area contributed by atoms with Gasteiger partial charge in [-0.25, -0.2) is 4.98 Å². The highest BCUT2D eigenvalue weighted by Gasteiger charge is 2.01. The minimum atomic E-state index is 0.707. The first-order valence-corrected chi connectivity index (χ1v) is 6.20. The molecular weight excluding hydrogens is 186 g/mol. The normalized spacial score (nSPS) is 11.0. The lowest BCUT2D eigenvalue weighted by atomic mass is 10.4. The summed E-state index contributed by atoms with van der Waals surface area (Å²) in [6, 6.07) is 0. The molecule has 1 rings (SSSR count). The van der Waals surface area contributed by atoms with Crippen molar-refractivity contribution in [1.82, 2.24) is 4.98 Å². The van der Waals surface area contributed by atoms with Gasteiger partial charge in [0.05, 0.1) is 5.69 Å². The molecule has 0 aliphatic rings. The third-order valence-corrected chi connectivity index (χ3v) is 3.69. The molecule has 1 aromatic heterocycles. The number of nitrogens with zero attached hydrogens (tertiary/aromatic N) is 1. The van der Waals surface area contributed by atoms with E-state index in [1.54, 1.807) is 11.3 Å². The van der Waals surface area contributed by atoms with Crippen LogP contribution in [0.15, 0.2) is 5.38 Å². The maximum atomic E-state index is 4.50. The van der Waals surface area contributed by atoms with E-state index in [9.17, 15) is 0 Å². The molecule has 0 aliphatic carbocycles. The van der Waals surface area contributed by atoms with Gasteiger partial charge in [-0.1, -0.05) is 20.8 Å². The van der Waals surface area contributed by atoms with Gasteiger partial charge in [0.15, 0.2) is 0 Å². The van der Waals surface area contributed by atoms with Crippen LogP contribution in [-0.2, 0) is 12.2 Å². The number of aromatic nitrogens is 1. The van der Waals surface area contributed by atoms with Gasteiger partial charge in [-0.05, 0) is 11.7 Å². The van der Waals surface area contributed by atoms with Gasteiger partial charge in [0.2, 0.25) is 0 Å². The van der Waals surface area contributed by atoms with Gasteiger partial charge in [-0.2, -0.15) is 11.8 Å². The number of thiazole rings is 1. The molecule has 68 valence electrons. The molecular formula is C9H15NS2. The summed E-state index contributed by atoms with van der Waals surface area (Å²) < 4.78 is 0. The maximum Gasteiger partial charge on any atom is 0.103 e. The summed E-state index contributed by atoms with van der Waals surface area (Å²) in [4.78, 5) is 4.50. The van der Waals surface area contributed by atoms with Crippen molar-refractivity contribution in [1.29, 1.82) is 0 Å². The van der Waals surface area contributed by atoms with Crippen LogP contribution in [0, 0.1) is 0 Å². The van der Waals surface area contributed by atoms with Crippen LogP contribution in [0.3, 0.4) is 0 Å². The van der Waals surface area contributed by atoms with Crippen molar-refractivity contribution in [3.63, 3.8) is 0 Å². The second-order valence-electron chi connectivity index (χ2n) is 2.95. The summed E-state index contributed by atoms with van der Waals surface area (Å²) in [7, 11) is 0. The largest absolute Gasteiger partial charge is 0.245 e. The van der Waals surface area contributed by atoms with E-state index in [1.165, 1.54) is 10.7 Å². The SMILES string of the molecule is CCc1csc(CSC(C)C)n1. The summed E-state index contributed by atoms with van der Waals surface area (Å²) in [5.41, 5.74) is 1.24. The van der Waals surface area contributed by atoms with E-state index < -0.39 is 0 Å². The monoisotopic (exact) mass is 201 g/mol. The van der Waals surface area contributed by atoms with Crippen LogP contribution in [0.1, 0.15) is 31.5 Å². The van der Waals surface area contributed by atoms with E-state index in [2.05, 4.69) is 31.1 Å². The predicted octanol–water partition coefficient (Wildman–Crippen LogP) is 3.35. The Morgan fingerprint density at radius 1 is 1.58 bits per heavy atom. The smallest absolute Gasteiger partial charge is 0.103 e. The molecule has 0 aliphatic heterocycles. The minimum Gasteiger partial charge on any atom is -0.245 e. The van der Waals surface area contributed by atoms with E-state index in [4.69, 9.17) is 0 Å². The van der Waals surface area contributed by atoms with E-state index in [0.717, 1.165) is 12.2 Å². The third kappa shape index (κ3) is 3.15. The van der Waals surface area contributed by atoms with E-state index in [1.807, 2.05) is 11.8 Å². The Morgan fingerprint density at radius 2 is 2.33 bits per heavy atom. The van der Waals surface area contributed by atoms with Gasteiger partial charge >= 0.3 is 0 Å². The topological polar surface area (TPSA) is 12.9 Å². The molecule has 0 aromatic carbocycles. The summed E-state index contributed by atoms with van der Waals surface area (Å²) in [6.45, 7) is 6.59. The fourth-order valence-corrected chi connectivity index (χ4v) is 2.49. The standard InChI is InChI=1S/C9H15NS2/c1-4-8-5-12-9(10-8)6-11-7(2)3/h5,7H,4,6H2,1-3H3. The molecule has 1 nitrogen and oxygen atoms in total. The zero-order valence-electron chi connectivity index (χ0n) is 7.83. The fourth-order valence-electron chi connectivity index (χ4n) is 0.816. The highest BCUT2D eigenvalue weighted by Crippen LogP contribution is 2.20. The molecule has 0 atom stereocenters. The van der Waals surface area contributed by atoms with Gasteiger partial charge in [0, 0.05) is 11.1 Å². The zero-order valence-corrected chi connectivity index (χ0v) is 9.47. The average molecular weight is 201 g/mol. The van der Waals surface area contributed by atoms with Crippen LogP contribution in [0.4, 0.5) is 0 Å². The van der Waals surface area contributed by atoms with Gasteiger partial charge < -0.3 is 0 Å². The first-order chi connectivity index (χ1) is 5.72. The molecule has 1 aromatic rings. The molecule has 0 saturated carbocycles. The van der Waals surface area contributed by atoms with Crippen LogP contribution in [0.2, 0.25) is 0 Å². The van der Waals surface area contributed by atoms with Crippen molar-refractivity contribution in [2.75, 3.05) is 0 Å². The third-order valence-electron chi connectivity index (χ3n) is 1.50. The predicted molar refractivity (Wildman–Crippen MR) is 57.9 cm³/mol. The highest BCUT2D eigenvalue weighted by molar-refractivity contribution is 7.99. The second-order valence-corrected chi connectivity index (χ2v) is 5.45. The van der Waals surface area contributed by atoms with Crippen LogP contribution in [0.5, 0.6) is 0 Å². The molecule has 1 heterocycles. The molecule has 0 bridgehead atoms. The number of aryl methyl sites for hydroxylation is 1. The maximum absolute atomic E-state index is 4.50. The van der Waals surface area contributed by atoms with E-state index in [-0.39, 0.29) is 0 Å². The van der Waals surface area contributed by atoms with Gasteiger partial charge in [-0.15, -0.1) is 11.3 Å². The van der Waals surface area contributed by atoms with Crippen LogP contribution in [-0.4, -0.2) is 10.2 Å². The first-order valence-electron chi connectivity index (χ1n) is 4.27. The molecule has 0 saturated heterocycles. The highest BCUT2D eigenvalue weighted by atomic mass is 32.2. The number of rotatable bonds is 4. The van der Waals surface area contributed by atoms with E-state index >= 15 is 0 Å². The molecule has 12 heavy (non-hydrogen) atoms. The van der Waals surface area contributed by atoms with Gasteiger partial charge in [0.1, 0.15) is 5.01 Å². The molecule has 0 fully saturated rings. The average Bonchev–Trinajstić information content (AvgIpc) is 2.48. The molecule has 0 N–H and O–H groups in total. The summed E-state index contributed by atoms with van der Waals surface area (Å²) >= 11 is 3.74. The molecule has 0 unspecified atom stereocenters. The Hall–Kier alpha value is -0.0200. The van der Waals surface area contributed by atoms with Crippen molar-refractivity contribution in [3.05, 3.63) is 16.1 Å². The van der Waals surface area contributed by atoms with Gasteiger partial charge in [0.25, 0.3) is 0 Å². The Labute approximate surface area is 82.6 Å². The minimum absolute atomic E-state index is 0.707. The van der Waals surface area contributed by atoms with Crippen molar-refractivity contribution in [2.24, 2.45) is 0 Å². The Kier molecular flexibility index (Phi) is 4.09. The molecule has 0 radical (unpaired) electrons. The van der Waals surface area contributed by atoms with Crippen molar-refractivity contribution in [3.8, 4) is 0 Å². The fraction of sp³-hybridized carbons (Fsp3) is 0.667. The summed E-state index contributed by atoms with van der Waals surface area (Å²) in [5.74, 6) is 1.07. The Morgan fingerprint density at radius 3 is 2.83 bits per heavy atom. The lowest BCUT2D eigenvalue weighted by Gasteiger charge is -2.00. The summed E-state index contributed by atoms with van der Waals surface area (Å²) in [5, 5.41) is 4.14. The number of hydrogen-bond donors (Lipinski definition) is 0. The Balaban J connectivity index is 2.41. The number of thioether (sulfide) groups is 1. The quantitative estimate of drug-likeness (QED) is 0.741. The lowest BCUT2D eigenvalue weighted by molar-refractivity contribution is 1.04. The molecule has 3 heteroatoms. The van der Waals surface area contributed by atoms with Gasteiger partial charge in [-0.3, -0.25) is 0 Å². The first kappa shape index (κ1) is 10.1. The van der Waals surface area contributed by atoms with Crippen molar-refractivity contribution < 1.29 is 0 Å².